The number of ether oxygens (including phenoxy) is 1. The Balaban J connectivity index is 1.41. The lowest BCUT2D eigenvalue weighted by Crippen LogP contribution is -2.42. The first-order valence-electron chi connectivity index (χ1n) is 13.6. The molecule has 1 atom stereocenters. The quantitative estimate of drug-likeness (QED) is 0.540. The van der Waals surface area contributed by atoms with E-state index in [1.54, 1.807) is 4.90 Å². The molecule has 0 unspecified atom stereocenters. The van der Waals surface area contributed by atoms with Crippen LogP contribution in [0.4, 0.5) is 4.79 Å². The molecule has 184 valence electrons. The van der Waals surface area contributed by atoms with E-state index in [1.165, 1.54) is 77.0 Å². The van der Waals surface area contributed by atoms with Crippen LogP contribution in [-0.4, -0.2) is 41.6 Å². The summed E-state index contributed by atoms with van der Waals surface area (Å²) >= 11 is 0. The summed E-state index contributed by atoms with van der Waals surface area (Å²) in [6.45, 7) is 6.89. The van der Waals surface area contributed by atoms with Crippen LogP contribution in [0.1, 0.15) is 117 Å². The molecule has 1 N–H and O–H groups in total. The van der Waals surface area contributed by atoms with Crippen LogP contribution in [0, 0.1) is 17.8 Å². The van der Waals surface area contributed by atoms with E-state index < -0.39 is 5.60 Å². The Morgan fingerprint density at radius 1 is 0.750 bits per heavy atom. The maximum absolute atomic E-state index is 13.0. The van der Waals surface area contributed by atoms with E-state index in [0.717, 1.165) is 31.1 Å². The van der Waals surface area contributed by atoms with Crippen LogP contribution in [0.3, 0.4) is 0 Å². The van der Waals surface area contributed by atoms with Crippen molar-refractivity contribution < 1.29 is 14.3 Å². The van der Waals surface area contributed by atoms with E-state index in [-0.39, 0.29) is 24.0 Å². The van der Waals surface area contributed by atoms with Gasteiger partial charge < -0.3 is 15.0 Å². The lowest BCUT2D eigenvalue weighted by Gasteiger charge is -2.31. The van der Waals surface area contributed by atoms with Crippen LogP contribution in [0.15, 0.2) is 0 Å². The number of carbonyl (C=O) groups excluding carboxylic acids is 2. The predicted molar refractivity (Wildman–Crippen MR) is 129 cm³/mol. The molecular weight excluding hydrogens is 400 g/mol. The SMILES string of the molecule is CC(C)(C)OC(=O)N1CC[C@@H](NC(=O)C2CCCC(C3CCCCCCCC3)CCC2)C1. The first-order valence-corrected chi connectivity index (χ1v) is 13.6. The van der Waals surface area contributed by atoms with E-state index in [1.807, 2.05) is 20.8 Å². The number of nitrogens with zero attached hydrogens (tertiary/aromatic N) is 1. The van der Waals surface area contributed by atoms with Crippen molar-refractivity contribution in [2.45, 2.75) is 129 Å². The van der Waals surface area contributed by atoms with Gasteiger partial charge in [-0.1, -0.05) is 77.0 Å². The zero-order valence-corrected chi connectivity index (χ0v) is 21.0. The van der Waals surface area contributed by atoms with Gasteiger partial charge in [0.05, 0.1) is 0 Å². The van der Waals surface area contributed by atoms with Gasteiger partial charge in [-0.25, -0.2) is 4.79 Å². The van der Waals surface area contributed by atoms with Gasteiger partial charge in [-0.3, -0.25) is 4.79 Å². The molecule has 0 spiro atoms. The van der Waals surface area contributed by atoms with E-state index in [4.69, 9.17) is 4.74 Å². The summed E-state index contributed by atoms with van der Waals surface area (Å²) in [5, 5.41) is 3.25. The molecule has 5 nitrogen and oxygen atoms in total. The van der Waals surface area contributed by atoms with E-state index in [0.29, 0.717) is 13.1 Å². The molecule has 3 fully saturated rings. The third-order valence-corrected chi connectivity index (χ3v) is 7.88. The average Bonchev–Trinajstić information content (AvgIpc) is 3.19. The second kappa shape index (κ2) is 12.3. The van der Waals surface area contributed by atoms with Crippen LogP contribution >= 0.6 is 0 Å². The third-order valence-electron chi connectivity index (χ3n) is 7.88. The largest absolute Gasteiger partial charge is 0.444 e. The molecule has 0 aromatic carbocycles. The van der Waals surface area contributed by atoms with E-state index in [9.17, 15) is 9.59 Å². The number of hydrogen-bond donors (Lipinski definition) is 1. The Morgan fingerprint density at radius 3 is 1.84 bits per heavy atom. The molecule has 2 amide bonds. The van der Waals surface area contributed by atoms with Gasteiger partial charge >= 0.3 is 6.09 Å². The molecule has 1 heterocycles. The maximum Gasteiger partial charge on any atom is 0.410 e. The molecule has 0 radical (unpaired) electrons. The van der Waals surface area contributed by atoms with Gasteiger partial charge in [-0.2, -0.15) is 0 Å². The highest BCUT2D eigenvalue weighted by atomic mass is 16.6. The molecular formula is C27H48N2O3. The highest BCUT2D eigenvalue weighted by Crippen LogP contribution is 2.36. The summed E-state index contributed by atoms with van der Waals surface area (Å²) < 4.78 is 5.48. The third kappa shape index (κ3) is 8.26. The van der Waals surface area contributed by atoms with Crippen LogP contribution in [-0.2, 0) is 9.53 Å². The molecule has 0 aromatic heterocycles. The van der Waals surface area contributed by atoms with E-state index in [2.05, 4.69) is 5.32 Å². The maximum atomic E-state index is 13.0. The lowest BCUT2D eigenvalue weighted by molar-refractivity contribution is -0.126. The zero-order chi connectivity index (χ0) is 23.0. The van der Waals surface area contributed by atoms with Crippen molar-refractivity contribution in [2.75, 3.05) is 13.1 Å². The molecule has 0 bridgehead atoms. The highest BCUT2D eigenvalue weighted by molar-refractivity contribution is 5.79. The lowest BCUT2D eigenvalue weighted by atomic mass is 9.76. The topological polar surface area (TPSA) is 58.6 Å². The summed E-state index contributed by atoms with van der Waals surface area (Å²) in [6, 6.07) is 0.0621. The van der Waals surface area contributed by atoms with Crippen molar-refractivity contribution in [3.63, 3.8) is 0 Å². The van der Waals surface area contributed by atoms with Crippen molar-refractivity contribution in [3.8, 4) is 0 Å². The fourth-order valence-corrected chi connectivity index (χ4v) is 6.10. The molecule has 1 aliphatic heterocycles. The van der Waals surface area contributed by atoms with Gasteiger partial charge in [0.25, 0.3) is 0 Å². The number of rotatable bonds is 3. The smallest absolute Gasteiger partial charge is 0.410 e. The molecule has 1 saturated heterocycles. The minimum atomic E-state index is -0.482. The van der Waals surface area contributed by atoms with Crippen LogP contribution in [0.25, 0.3) is 0 Å². The predicted octanol–water partition coefficient (Wildman–Crippen LogP) is 6.45. The molecule has 32 heavy (non-hydrogen) atoms. The fraction of sp³-hybridized carbons (Fsp3) is 0.926. The number of amides is 2. The number of hydrogen-bond acceptors (Lipinski definition) is 3. The van der Waals surface area contributed by atoms with Gasteiger partial charge in [0.1, 0.15) is 5.60 Å². The Morgan fingerprint density at radius 2 is 1.28 bits per heavy atom. The number of carbonyl (C=O) groups is 2. The van der Waals surface area contributed by atoms with Gasteiger partial charge in [0, 0.05) is 25.0 Å². The summed E-state index contributed by atoms with van der Waals surface area (Å²) in [5.41, 5.74) is -0.482. The van der Waals surface area contributed by atoms with Gasteiger partial charge in [-0.05, 0) is 51.9 Å². The average molecular weight is 449 g/mol. The van der Waals surface area contributed by atoms with Crippen molar-refractivity contribution in [1.29, 1.82) is 0 Å². The standard InChI is InChI=1S/C27H48N2O3/c1-27(2,3)32-26(31)29-19-18-24(20-29)28-25(30)23-16-10-14-22(15-11-17-23)21-12-8-6-4-5-7-9-13-21/h21-24H,4-20H2,1-3H3,(H,28,30)/t22?,23?,24-/m1/s1. The Labute approximate surface area is 196 Å². The summed E-state index contributed by atoms with van der Waals surface area (Å²) in [5.74, 6) is 2.17. The van der Waals surface area contributed by atoms with Crippen molar-refractivity contribution in [3.05, 3.63) is 0 Å². The van der Waals surface area contributed by atoms with Crippen LogP contribution < -0.4 is 5.32 Å². The highest BCUT2D eigenvalue weighted by Gasteiger charge is 2.32. The second-order valence-corrected chi connectivity index (χ2v) is 11.7. The van der Waals surface area contributed by atoms with Crippen molar-refractivity contribution >= 4 is 12.0 Å². The summed E-state index contributed by atoms with van der Waals surface area (Å²) in [7, 11) is 0. The van der Waals surface area contributed by atoms with Crippen LogP contribution in [0.2, 0.25) is 0 Å². The Hall–Kier alpha value is -1.26. The minimum absolute atomic E-state index is 0.0621. The first-order chi connectivity index (χ1) is 15.3. The Bertz CT molecular complexity index is 580. The van der Waals surface area contributed by atoms with Crippen molar-refractivity contribution in [1.82, 2.24) is 10.2 Å². The van der Waals surface area contributed by atoms with E-state index >= 15 is 0 Å². The Kier molecular flexibility index (Phi) is 9.73. The second-order valence-electron chi connectivity index (χ2n) is 11.7. The molecule has 2 aliphatic carbocycles. The normalized spacial score (nSPS) is 29.2. The zero-order valence-electron chi connectivity index (χ0n) is 21.0. The summed E-state index contributed by atoms with van der Waals surface area (Å²) in [6.07, 6.45) is 19.0. The number of nitrogens with one attached hydrogen (secondary N) is 1. The molecule has 5 heteroatoms. The van der Waals surface area contributed by atoms with Gasteiger partial charge in [0.15, 0.2) is 0 Å². The monoisotopic (exact) mass is 448 g/mol. The first kappa shape index (κ1) is 25.4. The molecule has 3 rings (SSSR count). The van der Waals surface area contributed by atoms with Crippen molar-refractivity contribution in [2.24, 2.45) is 17.8 Å². The van der Waals surface area contributed by atoms with Gasteiger partial charge in [-0.15, -0.1) is 0 Å². The van der Waals surface area contributed by atoms with Gasteiger partial charge in [0.2, 0.25) is 5.91 Å². The molecule has 0 aromatic rings. The molecule has 3 aliphatic rings. The minimum Gasteiger partial charge on any atom is -0.444 e. The molecule has 2 saturated carbocycles. The van der Waals surface area contributed by atoms with Crippen LogP contribution in [0.5, 0.6) is 0 Å². The fourth-order valence-electron chi connectivity index (χ4n) is 6.10. The summed E-state index contributed by atoms with van der Waals surface area (Å²) in [4.78, 5) is 27.0. The number of likely N-dealkylation sites (tertiary alicyclic amines) is 1.